The third-order valence-corrected chi connectivity index (χ3v) is 2.50. The third kappa shape index (κ3) is 1.84. The van der Waals surface area contributed by atoms with Gasteiger partial charge in [-0.3, -0.25) is 14.2 Å². The number of ketones is 1. The first-order valence-corrected chi connectivity index (χ1v) is 5.10. The summed E-state index contributed by atoms with van der Waals surface area (Å²) in [7, 11) is 0. The number of rotatable bonds is 2. The molecule has 82 valence electrons. The molecule has 0 bridgehead atoms. The Morgan fingerprint density at radius 2 is 2.25 bits per heavy atom. The summed E-state index contributed by atoms with van der Waals surface area (Å²) < 4.78 is 1.28. The largest absolute Gasteiger partial charge is 0.298 e. The molecule has 0 aliphatic carbocycles. The molecule has 0 saturated carbocycles. The van der Waals surface area contributed by atoms with Crippen molar-refractivity contribution in [3.05, 3.63) is 39.9 Å². The molecule has 0 atom stereocenters. The van der Waals surface area contributed by atoms with Gasteiger partial charge in [-0.2, -0.15) is 0 Å². The van der Waals surface area contributed by atoms with Crippen molar-refractivity contribution in [2.24, 2.45) is 0 Å². The van der Waals surface area contributed by atoms with E-state index in [9.17, 15) is 9.59 Å². The summed E-state index contributed by atoms with van der Waals surface area (Å²) in [6.07, 6.45) is 1.35. The number of aromatic nitrogens is 2. The van der Waals surface area contributed by atoms with Gasteiger partial charge in [-0.25, -0.2) is 4.98 Å². The highest BCUT2D eigenvalue weighted by atomic mass is 35.5. The van der Waals surface area contributed by atoms with Gasteiger partial charge in [0, 0.05) is 0 Å². The molecule has 0 aliphatic heterocycles. The lowest BCUT2D eigenvalue weighted by Crippen LogP contribution is -2.23. The van der Waals surface area contributed by atoms with Crippen molar-refractivity contribution >= 4 is 28.3 Å². The smallest absolute Gasteiger partial charge is 0.261 e. The molecule has 2 rings (SSSR count). The fourth-order valence-corrected chi connectivity index (χ4v) is 1.73. The van der Waals surface area contributed by atoms with E-state index in [0.717, 1.165) is 0 Å². The molecule has 0 radical (unpaired) electrons. The fraction of sp³-hybridized carbons (Fsp3) is 0.182. The number of hydrogen-bond acceptors (Lipinski definition) is 3. The molecule has 0 N–H and O–H groups in total. The highest BCUT2D eigenvalue weighted by Crippen LogP contribution is 2.17. The fourth-order valence-electron chi connectivity index (χ4n) is 1.51. The molecule has 16 heavy (non-hydrogen) atoms. The Kier molecular flexibility index (Phi) is 2.75. The van der Waals surface area contributed by atoms with E-state index in [1.807, 2.05) is 0 Å². The summed E-state index contributed by atoms with van der Waals surface area (Å²) >= 11 is 5.91. The highest BCUT2D eigenvalue weighted by Gasteiger charge is 2.07. The van der Waals surface area contributed by atoms with Gasteiger partial charge in [-0.05, 0) is 19.1 Å². The molecule has 2 aromatic rings. The van der Waals surface area contributed by atoms with Crippen molar-refractivity contribution in [1.29, 1.82) is 0 Å². The van der Waals surface area contributed by atoms with Crippen LogP contribution in [0, 0.1) is 0 Å². The van der Waals surface area contributed by atoms with Crippen LogP contribution in [0.2, 0.25) is 5.02 Å². The summed E-state index contributed by atoms with van der Waals surface area (Å²) in [5.41, 5.74) is 0.219. The minimum absolute atomic E-state index is 0.0360. The van der Waals surface area contributed by atoms with Crippen LogP contribution in [-0.4, -0.2) is 15.3 Å². The van der Waals surface area contributed by atoms with Crippen LogP contribution in [0.15, 0.2) is 29.3 Å². The maximum Gasteiger partial charge on any atom is 0.261 e. The Bertz CT molecular complexity index is 619. The molecule has 0 fully saturated rings. The first kappa shape index (κ1) is 10.8. The second-order valence-corrected chi connectivity index (χ2v) is 3.92. The summed E-state index contributed by atoms with van der Waals surface area (Å²) in [5.74, 6) is -0.0923. The third-order valence-electron chi connectivity index (χ3n) is 2.20. The quantitative estimate of drug-likeness (QED) is 0.797. The molecule has 1 aromatic carbocycles. The lowest BCUT2D eigenvalue weighted by atomic mass is 10.2. The normalized spacial score (nSPS) is 10.6. The number of carbonyl (C=O) groups is 1. The zero-order valence-corrected chi connectivity index (χ0v) is 9.36. The van der Waals surface area contributed by atoms with Crippen LogP contribution in [0.25, 0.3) is 10.9 Å². The van der Waals surface area contributed by atoms with Crippen LogP contribution in [-0.2, 0) is 11.3 Å². The van der Waals surface area contributed by atoms with E-state index in [-0.39, 0.29) is 17.9 Å². The molecule has 4 nitrogen and oxygen atoms in total. The van der Waals surface area contributed by atoms with Crippen LogP contribution in [0.5, 0.6) is 0 Å². The number of para-hydroxylation sites is 1. The second-order valence-electron chi connectivity index (χ2n) is 3.52. The SMILES string of the molecule is CC(=O)Cn1cnc2c(Cl)cccc2c1=O. The topological polar surface area (TPSA) is 52.0 Å². The molecule has 0 spiro atoms. The number of halogens is 1. The molecule has 1 heterocycles. The van der Waals surface area contributed by atoms with Gasteiger partial charge in [0.2, 0.25) is 0 Å². The number of carbonyl (C=O) groups excluding carboxylic acids is 1. The van der Waals surface area contributed by atoms with Gasteiger partial charge in [0.1, 0.15) is 5.78 Å². The van der Waals surface area contributed by atoms with Crippen molar-refractivity contribution in [3.8, 4) is 0 Å². The lowest BCUT2D eigenvalue weighted by molar-refractivity contribution is -0.117. The van der Waals surface area contributed by atoms with E-state index in [1.54, 1.807) is 18.2 Å². The summed E-state index contributed by atoms with van der Waals surface area (Å²) in [5, 5.41) is 0.862. The Balaban J connectivity index is 2.71. The standard InChI is InChI=1S/C11H9ClN2O2/c1-7(15)5-14-6-13-10-8(11(14)16)3-2-4-9(10)12/h2-4,6H,5H2,1H3. The lowest BCUT2D eigenvalue weighted by Gasteiger charge is -2.04. The molecular formula is C11H9ClN2O2. The predicted octanol–water partition coefficient (Wildman–Crippen LogP) is 1.64. The van der Waals surface area contributed by atoms with Gasteiger partial charge >= 0.3 is 0 Å². The molecule has 0 amide bonds. The maximum absolute atomic E-state index is 11.9. The first-order chi connectivity index (χ1) is 7.59. The number of hydrogen-bond donors (Lipinski definition) is 0. The molecule has 5 heteroatoms. The molecule has 0 aliphatic rings. The molecule has 0 unspecified atom stereocenters. The van der Waals surface area contributed by atoms with Crippen LogP contribution in [0.1, 0.15) is 6.92 Å². The first-order valence-electron chi connectivity index (χ1n) is 4.72. The number of Topliss-reactive ketones (excluding diaryl/α,β-unsaturated/α-hetero) is 1. The number of benzene rings is 1. The Labute approximate surface area is 96.5 Å². The summed E-state index contributed by atoms with van der Waals surface area (Å²) in [6, 6.07) is 5.00. The Morgan fingerprint density at radius 1 is 1.50 bits per heavy atom. The Morgan fingerprint density at radius 3 is 2.94 bits per heavy atom. The number of fused-ring (bicyclic) bond motifs is 1. The molecule has 1 aromatic heterocycles. The van der Waals surface area contributed by atoms with Crippen molar-refractivity contribution in [2.45, 2.75) is 13.5 Å². The van der Waals surface area contributed by atoms with Gasteiger partial charge in [-0.15, -0.1) is 0 Å². The summed E-state index contributed by atoms with van der Waals surface area (Å²) in [4.78, 5) is 27.0. The average molecular weight is 237 g/mol. The molecular weight excluding hydrogens is 228 g/mol. The Hall–Kier alpha value is -1.68. The maximum atomic E-state index is 11.9. The van der Waals surface area contributed by atoms with Crippen LogP contribution in [0.4, 0.5) is 0 Å². The minimum Gasteiger partial charge on any atom is -0.298 e. The zero-order valence-electron chi connectivity index (χ0n) is 8.61. The van der Waals surface area contributed by atoms with Crippen LogP contribution >= 0.6 is 11.6 Å². The molecule has 0 saturated heterocycles. The van der Waals surface area contributed by atoms with Gasteiger partial charge in [0.05, 0.1) is 28.8 Å². The summed E-state index contributed by atoms with van der Waals surface area (Å²) in [6.45, 7) is 1.46. The van der Waals surface area contributed by atoms with Gasteiger partial charge < -0.3 is 0 Å². The monoisotopic (exact) mass is 236 g/mol. The van der Waals surface area contributed by atoms with Crippen molar-refractivity contribution in [2.75, 3.05) is 0 Å². The van der Waals surface area contributed by atoms with E-state index in [2.05, 4.69) is 4.98 Å². The van der Waals surface area contributed by atoms with Crippen molar-refractivity contribution in [3.63, 3.8) is 0 Å². The van der Waals surface area contributed by atoms with E-state index in [1.165, 1.54) is 17.8 Å². The predicted molar refractivity (Wildman–Crippen MR) is 61.7 cm³/mol. The van der Waals surface area contributed by atoms with Crippen molar-refractivity contribution < 1.29 is 4.79 Å². The van der Waals surface area contributed by atoms with Crippen LogP contribution in [0.3, 0.4) is 0 Å². The van der Waals surface area contributed by atoms with Gasteiger partial charge in [-0.1, -0.05) is 17.7 Å². The van der Waals surface area contributed by atoms with Crippen molar-refractivity contribution in [1.82, 2.24) is 9.55 Å². The minimum atomic E-state index is -0.247. The van der Waals surface area contributed by atoms with E-state index in [0.29, 0.717) is 15.9 Å². The highest BCUT2D eigenvalue weighted by molar-refractivity contribution is 6.34. The van der Waals surface area contributed by atoms with E-state index in [4.69, 9.17) is 11.6 Å². The van der Waals surface area contributed by atoms with E-state index >= 15 is 0 Å². The zero-order chi connectivity index (χ0) is 11.7. The van der Waals surface area contributed by atoms with Gasteiger partial charge in [0.25, 0.3) is 5.56 Å². The average Bonchev–Trinajstić information content (AvgIpc) is 2.23. The number of nitrogens with zero attached hydrogens (tertiary/aromatic N) is 2. The van der Waals surface area contributed by atoms with Gasteiger partial charge in [0.15, 0.2) is 0 Å². The van der Waals surface area contributed by atoms with E-state index < -0.39 is 0 Å². The van der Waals surface area contributed by atoms with Crippen LogP contribution < -0.4 is 5.56 Å². The second kappa shape index (κ2) is 4.06.